The molecule has 0 unspecified atom stereocenters. The number of allylic oxidation sites excluding steroid dienone is 1. The lowest BCUT2D eigenvalue weighted by molar-refractivity contribution is -0.384. The first-order valence-electron chi connectivity index (χ1n) is 9.03. The number of nitrogens with zero attached hydrogens (tertiary/aromatic N) is 1. The number of nitro groups is 1. The fourth-order valence-electron chi connectivity index (χ4n) is 2.89. The van der Waals surface area contributed by atoms with Gasteiger partial charge in [0, 0.05) is 23.3 Å². The van der Waals surface area contributed by atoms with Crippen LogP contribution in [0.3, 0.4) is 0 Å². The predicted molar refractivity (Wildman–Crippen MR) is 118 cm³/mol. The average Bonchev–Trinajstić information content (AvgIpc) is 3.44. The van der Waals surface area contributed by atoms with E-state index in [9.17, 15) is 14.9 Å². The second-order valence-electron chi connectivity index (χ2n) is 6.47. The second-order valence-corrected chi connectivity index (χ2v) is 7.25. The van der Waals surface area contributed by atoms with Gasteiger partial charge in [0.15, 0.2) is 5.76 Å². The van der Waals surface area contributed by atoms with Gasteiger partial charge in [-0.15, -0.1) is 0 Å². The summed E-state index contributed by atoms with van der Waals surface area (Å²) in [4.78, 5) is 22.7. The molecule has 8 heteroatoms. The van der Waals surface area contributed by atoms with Gasteiger partial charge in [-0.25, -0.2) is 0 Å². The van der Waals surface area contributed by atoms with E-state index in [0.29, 0.717) is 38.5 Å². The molecule has 0 aliphatic rings. The lowest BCUT2D eigenvalue weighted by atomic mass is 10.1. The summed E-state index contributed by atoms with van der Waals surface area (Å²) in [7, 11) is 0. The van der Waals surface area contributed by atoms with Crippen LogP contribution in [0.1, 0.15) is 16.3 Å². The second kappa shape index (κ2) is 8.63. The molecule has 154 valence electrons. The Bertz CT molecular complexity index is 1300. The van der Waals surface area contributed by atoms with Crippen LogP contribution in [0.5, 0.6) is 0 Å². The quantitative estimate of drug-likeness (QED) is 0.132. The maximum Gasteiger partial charge on any atom is 0.269 e. The zero-order valence-corrected chi connectivity index (χ0v) is 17.3. The Balaban J connectivity index is 1.48. The first kappa shape index (κ1) is 20.7. The van der Waals surface area contributed by atoms with Gasteiger partial charge in [-0.2, -0.15) is 0 Å². The van der Waals surface area contributed by atoms with Gasteiger partial charge in [0.05, 0.1) is 15.0 Å². The van der Waals surface area contributed by atoms with Crippen LogP contribution in [0.2, 0.25) is 10.0 Å². The summed E-state index contributed by atoms with van der Waals surface area (Å²) in [6.07, 6.45) is 2.85. The molecule has 2 aromatic carbocycles. The first-order chi connectivity index (χ1) is 14.9. The maximum atomic E-state index is 12.4. The molecule has 0 saturated heterocycles. The van der Waals surface area contributed by atoms with Crippen LogP contribution in [0.15, 0.2) is 81.6 Å². The van der Waals surface area contributed by atoms with Crippen molar-refractivity contribution >= 4 is 40.7 Å². The molecule has 6 nitrogen and oxygen atoms in total. The molecule has 2 aromatic heterocycles. The zero-order valence-electron chi connectivity index (χ0n) is 15.7. The van der Waals surface area contributed by atoms with Crippen LogP contribution in [-0.4, -0.2) is 10.7 Å². The van der Waals surface area contributed by atoms with Gasteiger partial charge in [-0.1, -0.05) is 29.3 Å². The Hall–Kier alpha value is -3.61. The number of hydrogen-bond acceptors (Lipinski definition) is 5. The van der Waals surface area contributed by atoms with Gasteiger partial charge in [-0.3, -0.25) is 14.9 Å². The van der Waals surface area contributed by atoms with E-state index in [1.807, 2.05) is 0 Å². The van der Waals surface area contributed by atoms with Gasteiger partial charge in [-0.05, 0) is 60.7 Å². The monoisotopic (exact) mass is 453 g/mol. The number of furan rings is 2. The third-order valence-electron chi connectivity index (χ3n) is 4.45. The minimum Gasteiger partial charge on any atom is -0.457 e. The Morgan fingerprint density at radius 1 is 0.903 bits per heavy atom. The smallest absolute Gasteiger partial charge is 0.269 e. The van der Waals surface area contributed by atoms with Gasteiger partial charge in [0.1, 0.15) is 17.3 Å². The van der Waals surface area contributed by atoms with Crippen molar-refractivity contribution < 1.29 is 18.6 Å². The number of rotatable bonds is 6. The van der Waals surface area contributed by atoms with Crippen LogP contribution in [0.25, 0.3) is 28.7 Å². The topological polar surface area (TPSA) is 86.5 Å². The van der Waals surface area contributed by atoms with Crippen molar-refractivity contribution in [2.75, 3.05) is 0 Å². The molecule has 31 heavy (non-hydrogen) atoms. The molecular weight excluding hydrogens is 441 g/mol. The highest BCUT2D eigenvalue weighted by molar-refractivity contribution is 6.43. The van der Waals surface area contributed by atoms with E-state index < -0.39 is 4.92 Å². The number of nitro benzene ring substituents is 1. The Labute approximate surface area is 186 Å². The summed E-state index contributed by atoms with van der Waals surface area (Å²) in [5.41, 5.74) is 1.28. The number of hydrogen-bond donors (Lipinski definition) is 0. The summed E-state index contributed by atoms with van der Waals surface area (Å²) >= 11 is 12.2. The minimum atomic E-state index is -0.466. The molecule has 0 bridgehead atoms. The zero-order chi connectivity index (χ0) is 22.0. The summed E-state index contributed by atoms with van der Waals surface area (Å²) < 4.78 is 11.3. The molecule has 0 aliphatic heterocycles. The van der Waals surface area contributed by atoms with Crippen molar-refractivity contribution in [3.05, 3.63) is 104 Å². The van der Waals surface area contributed by atoms with Gasteiger partial charge >= 0.3 is 0 Å². The van der Waals surface area contributed by atoms with Crippen molar-refractivity contribution in [2.24, 2.45) is 0 Å². The molecule has 4 aromatic rings. The number of carbonyl (C=O) groups is 1. The highest BCUT2D eigenvalue weighted by Gasteiger charge is 2.14. The van der Waals surface area contributed by atoms with Crippen LogP contribution < -0.4 is 0 Å². The van der Waals surface area contributed by atoms with Gasteiger partial charge < -0.3 is 8.83 Å². The molecule has 2 heterocycles. The minimum absolute atomic E-state index is 0.00194. The van der Waals surface area contributed by atoms with E-state index in [1.54, 1.807) is 54.6 Å². The first-order valence-corrected chi connectivity index (χ1v) is 9.79. The van der Waals surface area contributed by atoms with E-state index in [0.717, 1.165) is 0 Å². The van der Waals surface area contributed by atoms with Crippen LogP contribution in [0.4, 0.5) is 5.69 Å². The van der Waals surface area contributed by atoms with E-state index in [2.05, 4.69) is 0 Å². The number of non-ortho nitro benzene ring substituents is 1. The average molecular weight is 454 g/mol. The molecule has 0 N–H and O–H groups in total. The lowest BCUT2D eigenvalue weighted by Gasteiger charge is -2.01. The fraction of sp³-hybridized carbons (Fsp3) is 0. The van der Waals surface area contributed by atoms with Gasteiger partial charge in [0.2, 0.25) is 5.78 Å². The Morgan fingerprint density at radius 3 is 2.39 bits per heavy atom. The van der Waals surface area contributed by atoms with Gasteiger partial charge in [0.25, 0.3) is 5.69 Å². The molecule has 0 spiro atoms. The van der Waals surface area contributed by atoms with E-state index in [4.69, 9.17) is 32.0 Å². The molecule has 0 aliphatic carbocycles. The van der Waals surface area contributed by atoms with Crippen LogP contribution in [-0.2, 0) is 0 Å². The van der Waals surface area contributed by atoms with Crippen LogP contribution >= 0.6 is 23.2 Å². The summed E-state index contributed by atoms with van der Waals surface area (Å²) in [5, 5.41) is 11.5. The molecular formula is C23H13Cl2NO5. The van der Waals surface area contributed by atoms with Crippen molar-refractivity contribution in [3.8, 4) is 22.6 Å². The third-order valence-corrected chi connectivity index (χ3v) is 5.27. The molecule has 0 fully saturated rings. The highest BCUT2D eigenvalue weighted by atomic mass is 35.5. The molecule has 4 rings (SSSR count). The number of carbonyl (C=O) groups excluding carboxylic acids is 1. The summed E-state index contributed by atoms with van der Waals surface area (Å²) in [6.45, 7) is 0. The molecule has 0 radical (unpaired) electrons. The predicted octanol–water partition coefficient (Wildman–Crippen LogP) is 7.32. The normalized spacial score (nSPS) is 11.2. The lowest BCUT2D eigenvalue weighted by Crippen LogP contribution is -1.90. The Kier molecular flexibility index (Phi) is 5.75. The maximum absolute atomic E-state index is 12.4. The SMILES string of the molecule is O=C(C=Cc1ccc(-c2ccc([N+](=O)[O-])cc2)o1)c1ccc(-c2cccc(Cl)c2Cl)o1. The van der Waals surface area contributed by atoms with Crippen LogP contribution in [0, 0.1) is 10.1 Å². The number of halogens is 2. The third kappa shape index (κ3) is 4.45. The fourth-order valence-corrected chi connectivity index (χ4v) is 3.29. The molecule has 0 amide bonds. The highest BCUT2D eigenvalue weighted by Crippen LogP contribution is 2.34. The molecule has 0 atom stereocenters. The van der Waals surface area contributed by atoms with Crippen molar-refractivity contribution in [2.45, 2.75) is 0 Å². The van der Waals surface area contributed by atoms with E-state index in [1.165, 1.54) is 24.3 Å². The largest absolute Gasteiger partial charge is 0.457 e. The number of benzene rings is 2. The summed E-state index contributed by atoms with van der Waals surface area (Å²) in [5.74, 6) is 1.20. The number of ketones is 1. The Morgan fingerprint density at radius 2 is 1.65 bits per heavy atom. The standard InChI is InChI=1S/C23H13Cl2NO5/c24-18-3-1-2-17(23(18)25)21-12-13-22(31-21)19(27)10-8-16-9-11-20(30-16)14-4-6-15(7-5-14)26(28)29/h1-13H. The molecule has 0 saturated carbocycles. The van der Waals surface area contributed by atoms with E-state index >= 15 is 0 Å². The van der Waals surface area contributed by atoms with Crippen molar-refractivity contribution in [1.82, 2.24) is 0 Å². The summed E-state index contributed by atoms with van der Waals surface area (Å²) in [6, 6.07) is 17.8. The van der Waals surface area contributed by atoms with Crippen molar-refractivity contribution in [1.29, 1.82) is 0 Å². The van der Waals surface area contributed by atoms with Crippen molar-refractivity contribution in [3.63, 3.8) is 0 Å². The van der Waals surface area contributed by atoms with E-state index in [-0.39, 0.29) is 17.2 Å².